The number of para-hydroxylation sites is 2. The molecule has 0 unspecified atom stereocenters. The smallest absolute Gasteiger partial charge is 0.251 e. The Hall–Kier alpha value is -5.28. The fraction of sp³-hybridized carbons (Fsp3) is 0.282. The summed E-state index contributed by atoms with van der Waals surface area (Å²) in [6, 6.07) is 26.2. The summed E-state index contributed by atoms with van der Waals surface area (Å²) in [5, 5.41) is 19.8. The van der Waals surface area contributed by atoms with E-state index in [0.29, 0.717) is 18.5 Å². The fourth-order valence-corrected chi connectivity index (χ4v) is 6.29. The molecule has 3 aromatic carbocycles. The summed E-state index contributed by atoms with van der Waals surface area (Å²) in [6.07, 6.45) is 22.6. The highest BCUT2D eigenvalue weighted by Gasteiger charge is 2.37. The third-order valence-corrected chi connectivity index (χ3v) is 8.23. The Morgan fingerprint density at radius 2 is 1.64 bits per heavy atom. The number of anilines is 1. The molecule has 47 heavy (non-hydrogen) atoms. The van der Waals surface area contributed by atoms with E-state index >= 15 is 0 Å². The maximum Gasteiger partial charge on any atom is 0.251 e. The van der Waals surface area contributed by atoms with Gasteiger partial charge in [0, 0.05) is 47.9 Å². The van der Waals surface area contributed by atoms with Gasteiger partial charge in [0.05, 0.1) is 11.9 Å². The van der Waals surface area contributed by atoms with Crippen molar-refractivity contribution in [2.75, 3.05) is 26.0 Å². The number of nitrogens with one attached hydrogen (secondary N) is 3. The van der Waals surface area contributed by atoms with Crippen molar-refractivity contribution < 1.29 is 19.4 Å². The Labute approximate surface area is 277 Å². The molecule has 2 atom stereocenters. The molecule has 4 aromatic rings. The van der Waals surface area contributed by atoms with E-state index in [9.17, 15) is 9.59 Å². The molecular formula is C39H44N4O4. The van der Waals surface area contributed by atoms with Gasteiger partial charge in [-0.1, -0.05) is 60.7 Å². The minimum absolute atomic E-state index is 0.0298. The summed E-state index contributed by atoms with van der Waals surface area (Å²) in [6.45, 7) is 2.83. The van der Waals surface area contributed by atoms with E-state index in [0.717, 1.165) is 38.5 Å². The van der Waals surface area contributed by atoms with Gasteiger partial charge in [-0.05, 0) is 68.0 Å². The number of hydrogen-bond donors (Lipinski definition) is 4. The van der Waals surface area contributed by atoms with E-state index in [-0.39, 0.29) is 18.0 Å². The minimum atomic E-state index is -0.456. The molecule has 4 N–H and O–H groups in total. The van der Waals surface area contributed by atoms with Crippen LogP contribution in [0.15, 0.2) is 78.9 Å². The second-order valence-electron chi connectivity index (χ2n) is 11.0. The van der Waals surface area contributed by atoms with E-state index in [1.165, 1.54) is 32.6 Å². The number of hydrogen-bond acceptors (Lipinski definition) is 5. The molecule has 1 aromatic heterocycles. The van der Waals surface area contributed by atoms with Crippen LogP contribution in [0.5, 0.6) is 0 Å². The molecular weight excluding hydrogens is 588 g/mol. The lowest BCUT2D eigenvalue weighted by atomic mass is 10.0. The van der Waals surface area contributed by atoms with Crippen LogP contribution in [0.2, 0.25) is 0 Å². The Balaban J connectivity index is 0.000000317. The average Bonchev–Trinajstić information content (AvgIpc) is 3.71. The van der Waals surface area contributed by atoms with Crippen molar-refractivity contribution in [1.82, 2.24) is 15.2 Å². The maximum absolute atomic E-state index is 12.1. The summed E-state index contributed by atoms with van der Waals surface area (Å²) in [4.78, 5) is 23.0. The van der Waals surface area contributed by atoms with Crippen LogP contribution in [0.25, 0.3) is 22.6 Å². The van der Waals surface area contributed by atoms with Crippen molar-refractivity contribution in [2.24, 2.45) is 0 Å². The van der Waals surface area contributed by atoms with Gasteiger partial charge >= 0.3 is 0 Å². The Bertz CT molecular complexity index is 1820. The predicted octanol–water partition coefficient (Wildman–Crippen LogP) is 4.11. The molecule has 0 saturated carbocycles. The lowest BCUT2D eigenvalue weighted by Crippen LogP contribution is -2.49. The van der Waals surface area contributed by atoms with Crippen LogP contribution in [0.1, 0.15) is 48.5 Å². The quantitative estimate of drug-likeness (QED) is 0.237. The number of carbonyl (C=O) groups is 2. The van der Waals surface area contributed by atoms with Crippen LogP contribution in [0, 0.1) is 25.7 Å². The molecule has 2 amide bonds. The third-order valence-electron chi connectivity index (χ3n) is 8.23. The molecule has 8 heteroatoms. The number of rotatable bonds is 1. The summed E-state index contributed by atoms with van der Waals surface area (Å²) >= 11 is 0. The molecule has 244 valence electrons. The van der Waals surface area contributed by atoms with Gasteiger partial charge in [-0.25, -0.2) is 0 Å². The first-order chi connectivity index (χ1) is 23.0. The first-order valence-electron chi connectivity index (χ1n) is 15.5. The van der Waals surface area contributed by atoms with Crippen molar-refractivity contribution >= 4 is 40.1 Å². The van der Waals surface area contributed by atoms with Crippen LogP contribution in [-0.2, 0) is 21.7 Å². The number of terminal acetylenes is 2. The van der Waals surface area contributed by atoms with Crippen molar-refractivity contribution in [2.45, 2.75) is 51.0 Å². The molecule has 0 aliphatic carbocycles. The van der Waals surface area contributed by atoms with Gasteiger partial charge < -0.3 is 30.4 Å². The van der Waals surface area contributed by atoms with Gasteiger partial charge in [-0.3, -0.25) is 9.59 Å². The molecule has 0 radical (unpaired) electrons. The van der Waals surface area contributed by atoms with Gasteiger partial charge in [-0.15, -0.1) is 25.7 Å². The Morgan fingerprint density at radius 3 is 2.32 bits per heavy atom. The Morgan fingerprint density at radius 1 is 0.979 bits per heavy atom. The normalized spacial score (nSPS) is 20.6. The molecule has 2 saturated heterocycles. The molecule has 8 nitrogen and oxygen atoms in total. The number of aliphatic hydroxyl groups is 1. The average molecular weight is 633 g/mol. The number of nitrogens with zero attached hydrogens (tertiary/aromatic N) is 1. The standard InChI is InChI=1S/C26H27N3O2.C8H9NO.2C2H2.CH4O/c1-26-14-6-11-24(31-26)28-20-9-4-2-7-17(20)12-13-22-25(18-15-23(30)27-16-18)19-8-3-5-10-21(19)29(22)26;1-9-8(10)7-5-3-2-4-6-7;3*1-2/h2-5,7-10,13,24,28H,6,11-12,14-16H2,1H3,(H,27,30);2-6H,1H3,(H,9,10);2*1-2H;2H,1H3/b22-13+,25-18+;;;;/t24-,26+;;;;/m1..../s1. The first-order valence-corrected chi connectivity index (χ1v) is 15.5. The lowest BCUT2D eigenvalue weighted by Gasteiger charge is -2.41. The summed E-state index contributed by atoms with van der Waals surface area (Å²) < 4.78 is 9.18. The van der Waals surface area contributed by atoms with Crippen LogP contribution < -0.4 is 26.5 Å². The van der Waals surface area contributed by atoms with Crippen molar-refractivity contribution in [3.8, 4) is 25.7 Å². The van der Waals surface area contributed by atoms with E-state index in [4.69, 9.17) is 9.84 Å². The summed E-state index contributed by atoms with van der Waals surface area (Å²) in [5.74, 6) is 0.0641. The van der Waals surface area contributed by atoms with E-state index < -0.39 is 5.72 Å². The molecule has 4 heterocycles. The summed E-state index contributed by atoms with van der Waals surface area (Å²) in [5.41, 5.74) is 4.99. The van der Waals surface area contributed by atoms with Crippen molar-refractivity contribution in [1.29, 1.82) is 0 Å². The predicted molar refractivity (Wildman–Crippen MR) is 191 cm³/mol. The zero-order chi connectivity index (χ0) is 34.4. The number of aromatic nitrogens is 1. The highest BCUT2D eigenvalue weighted by atomic mass is 16.5. The SMILES string of the molecule is C#C.C#C.CNC(=O)c1ccccc1.CO.C[C@]12CCC[C@H](Nc3ccccc3C/C=c3\c(=C4\CNC(=O)C4)c4ccccc4n31)O2. The molecule has 0 spiro atoms. The zero-order valence-electron chi connectivity index (χ0n) is 27.3. The van der Waals surface area contributed by atoms with E-state index in [1.807, 2.05) is 18.2 Å². The lowest BCUT2D eigenvalue weighted by molar-refractivity contribution is -0.157. The Kier molecular flexibility index (Phi) is 13.4. The number of carbonyl (C=O) groups excluding carboxylic acids is 2. The molecule has 7 rings (SSSR count). The number of aliphatic hydroxyl groups excluding tert-OH is 1. The highest BCUT2D eigenvalue weighted by Crippen LogP contribution is 2.35. The van der Waals surface area contributed by atoms with E-state index in [2.05, 4.69) is 108 Å². The van der Waals surface area contributed by atoms with Gasteiger partial charge in [0.1, 0.15) is 12.0 Å². The van der Waals surface area contributed by atoms with Crippen molar-refractivity contribution in [3.05, 3.63) is 101 Å². The number of benzene rings is 3. The van der Waals surface area contributed by atoms with Crippen LogP contribution >= 0.6 is 0 Å². The van der Waals surface area contributed by atoms with Gasteiger partial charge in [0.2, 0.25) is 5.91 Å². The number of amides is 2. The monoisotopic (exact) mass is 632 g/mol. The second kappa shape index (κ2) is 17.4. The summed E-state index contributed by atoms with van der Waals surface area (Å²) in [7, 11) is 2.62. The van der Waals surface area contributed by atoms with Crippen LogP contribution in [0.3, 0.4) is 0 Å². The minimum Gasteiger partial charge on any atom is -0.400 e. The molecule has 3 aliphatic heterocycles. The largest absolute Gasteiger partial charge is 0.400 e. The third kappa shape index (κ3) is 8.12. The highest BCUT2D eigenvalue weighted by molar-refractivity contribution is 5.94. The molecule has 3 aliphatic rings. The van der Waals surface area contributed by atoms with E-state index in [1.54, 1.807) is 19.2 Å². The topological polar surface area (TPSA) is 105 Å². The zero-order valence-corrected chi connectivity index (χ0v) is 27.3. The van der Waals surface area contributed by atoms with Gasteiger partial charge in [0.15, 0.2) is 0 Å². The number of ether oxygens (including phenoxy) is 1. The van der Waals surface area contributed by atoms with Crippen molar-refractivity contribution in [3.63, 3.8) is 0 Å². The fourth-order valence-electron chi connectivity index (χ4n) is 6.29. The molecule has 2 bridgehead atoms. The van der Waals surface area contributed by atoms with Gasteiger partial charge in [0.25, 0.3) is 5.91 Å². The number of fused-ring (bicyclic) bond motifs is 7. The van der Waals surface area contributed by atoms with Crippen LogP contribution in [-0.4, -0.2) is 48.4 Å². The molecule has 2 fully saturated rings. The van der Waals surface area contributed by atoms with Crippen LogP contribution in [0.4, 0.5) is 5.69 Å². The first kappa shape index (κ1) is 36.2. The maximum atomic E-state index is 12.1. The second-order valence-corrected chi connectivity index (χ2v) is 11.0. The van der Waals surface area contributed by atoms with Gasteiger partial charge in [-0.2, -0.15) is 0 Å².